The summed E-state index contributed by atoms with van der Waals surface area (Å²) in [5.74, 6) is -2.39. The van der Waals surface area contributed by atoms with Gasteiger partial charge in [0.25, 0.3) is 0 Å². The number of aliphatic carboxylic acids is 1. The molecule has 7 nitrogen and oxygen atoms in total. The Morgan fingerprint density at radius 3 is 2.20 bits per heavy atom. The fraction of sp³-hybridized carbons (Fsp3) is 0.625. The van der Waals surface area contributed by atoms with E-state index in [1.807, 2.05) is 0 Å². The number of rotatable bonds is 7. The van der Waals surface area contributed by atoms with Gasteiger partial charge in [0.1, 0.15) is 6.04 Å². The molecule has 0 aliphatic carbocycles. The number of hydrogen-bond acceptors (Lipinski definition) is 4. The molecule has 2 atom stereocenters. The van der Waals surface area contributed by atoms with Gasteiger partial charge in [0.05, 0.1) is 6.04 Å². The predicted molar refractivity (Wildman–Crippen MR) is 51.6 cm³/mol. The molecule has 0 aromatic heterocycles. The molecule has 0 heterocycles. The standard InChI is InChI=1S/C8H15N3O4/c1-4(7(10)13)11-5(8(14)15)2-3-6(9)12/h4-5,11H,2-3H2,1H3,(H2,9,12)(H2,10,13)(H,14,15). The van der Waals surface area contributed by atoms with Crippen molar-refractivity contribution in [1.82, 2.24) is 5.32 Å². The summed E-state index contributed by atoms with van der Waals surface area (Å²) in [6, 6.07) is -1.76. The average molecular weight is 217 g/mol. The Balaban J connectivity index is 4.22. The van der Waals surface area contributed by atoms with Crippen LogP contribution in [-0.4, -0.2) is 35.0 Å². The maximum atomic E-state index is 10.7. The number of hydrogen-bond donors (Lipinski definition) is 4. The van der Waals surface area contributed by atoms with E-state index in [4.69, 9.17) is 16.6 Å². The molecule has 2 amide bonds. The van der Waals surface area contributed by atoms with E-state index < -0.39 is 29.9 Å². The Morgan fingerprint density at radius 2 is 1.87 bits per heavy atom. The van der Waals surface area contributed by atoms with E-state index in [1.165, 1.54) is 6.92 Å². The second-order valence-electron chi connectivity index (χ2n) is 3.19. The van der Waals surface area contributed by atoms with Gasteiger partial charge in [0.2, 0.25) is 11.8 Å². The van der Waals surface area contributed by atoms with Crippen LogP contribution in [0.25, 0.3) is 0 Å². The van der Waals surface area contributed by atoms with Crippen LogP contribution in [0, 0.1) is 0 Å². The number of nitrogens with two attached hydrogens (primary N) is 2. The van der Waals surface area contributed by atoms with Crippen LogP contribution in [0.1, 0.15) is 19.8 Å². The molecule has 0 saturated heterocycles. The molecular weight excluding hydrogens is 202 g/mol. The molecule has 0 aromatic rings. The van der Waals surface area contributed by atoms with Crippen molar-refractivity contribution in [2.24, 2.45) is 11.5 Å². The zero-order chi connectivity index (χ0) is 12.0. The van der Waals surface area contributed by atoms with Gasteiger partial charge < -0.3 is 16.6 Å². The third kappa shape index (κ3) is 5.63. The summed E-state index contributed by atoms with van der Waals surface area (Å²) in [4.78, 5) is 31.8. The third-order valence-corrected chi connectivity index (χ3v) is 1.86. The highest BCUT2D eigenvalue weighted by Crippen LogP contribution is 1.99. The van der Waals surface area contributed by atoms with E-state index in [1.54, 1.807) is 0 Å². The minimum atomic E-state index is -1.15. The molecule has 6 N–H and O–H groups in total. The maximum Gasteiger partial charge on any atom is 0.320 e. The van der Waals surface area contributed by atoms with Crippen molar-refractivity contribution in [3.63, 3.8) is 0 Å². The first-order valence-electron chi connectivity index (χ1n) is 4.41. The van der Waals surface area contributed by atoms with Crippen LogP contribution in [0.2, 0.25) is 0 Å². The first-order valence-corrected chi connectivity index (χ1v) is 4.41. The van der Waals surface area contributed by atoms with Gasteiger partial charge in [-0.15, -0.1) is 0 Å². The average Bonchev–Trinajstić information content (AvgIpc) is 2.10. The van der Waals surface area contributed by atoms with Crippen molar-refractivity contribution in [3.05, 3.63) is 0 Å². The van der Waals surface area contributed by atoms with E-state index in [2.05, 4.69) is 5.32 Å². The van der Waals surface area contributed by atoms with Crippen molar-refractivity contribution in [3.8, 4) is 0 Å². The van der Waals surface area contributed by atoms with Gasteiger partial charge in [-0.3, -0.25) is 19.7 Å². The minimum Gasteiger partial charge on any atom is -0.480 e. The Morgan fingerprint density at radius 1 is 1.33 bits per heavy atom. The van der Waals surface area contributed by atoms with Gasteiger partial charge >= 0.3 is 5.97 Å². The van der Waals surface area contributed by atoms with Crippen molar-refractivity contribution in [2.75, 3.05) is 0 Å². The van der Waals surface area contributed by atoms with Gasteiger partial charge in [0.15, 0.2) is 0 Å². The van der Waals surface area contributed by atoms with Crippen LogP contribution in [-0.2, 0) is 14.4 Å². The number of amides is 2. The summed E-state index contributed by atoms with van der Waals surface area (Å²) < 4.78 is 0. The lowest BCUT2D eigenvalue weighted by atomic mass is 10.1. The molecule has 0 radical (unpaired) electrons. The van der Waals surface area contributed by atoms with Crippen LogP contribution in [0.15, 0.2) is 0 Å². The Kier molecular flexibility index (Phi) is 5.32. The quantitative estimate of drug-likeness (QED) is 0.397. The smallest absolute Gasteiger partial charge is 0.320 e. The number of nitrogens with one attached hydrogen (secondary N) is 1. The lowest BCUT2D eigenvalue weighted by molar-refractivity contribution is -0.140. The van der Waals surface area contributed by atoms with Crippen LogP contribution in [0.3, 0.4) is 0 Å². The molecule has 86 valence electrons. The number of carboxylic acid groups (broad SMARTS) is 1. The Bertz CT molecular complexity index is 267. The highest BCUT2D eigenvalue weighted by molar-refractivity contribution is 5.81. The zero-order valence-electron chi connectivity index (χ0n) is 8.40. The van der Waals surface area contributed by atoms with E-state index >= 15 is 0 Å². The summed E-state index contributed by atoms with van der Waals surface area (Å²) >= 11 is 0. The van der Waals surface area contributed by atoms with Gasteiger partial charge in [-0.1, -0.05) is 0 Å². The van der Waals surface area contributed by atoms with E-state index in [-0.39, 0.29) is 12.8 Å². The summed E-state index contributed by atoms with van der Waals surface area (Å²) in [5, 5.41) is 11.2. The van der Waals surface area contributed by atoms with Crippen LogP contribution in [0.5, 0.6) is 0 Å². The molecule has 0 aromatic carbocycles. The maximum absolute atomic E-state index is 10.7. The molecule has 0 fully saturated rings. The first kappa shape index (κ1) is 13.4. The van der Waals surface area contributed by atoms with Gasteiger partial charge in [-0.05, 0) is 13.3 Å². The number of carbonyl (C=O) groups is 3. The fourth-order valence-electron chi connectivity index (χ4n) is 0.949. The number of carbonyl (C=O) groups excluding carboxylic acids is 2. The Labute approximate surface area is 86.8 Å². The molecule has 0 saturated carbocycles. The van der Waals surface area contributed by atoms with Gasteiger partial charge in [-0.2, -0.15) is 0 Å². The third-order valence-electron chi connectivity index (χ3n) is 1.86. The molecule has 0 aliphatic rings. The van der Waals surface area contributed by atoms with E-state index in [0.29, 0.717) is 0 Å². The SMILES string of the molecule is CC(NC(CCC(N)=O)C(=O)O)C(N)=O. The monoisotopic (exact) mass is 217 g/mol. The highest BCUT2D eigenvalue weighted by atomic mass is 16.4. The second kappa shape index (κ2) is 5.97. The summed E-state index contributed by atoms with van der Waals surface area (Å²) in [6.45, 7) is 1.45. The van der Waals surface area contributed by atoms with Gasteiger partial charge in [-0.25, -0.2) is 0 Å². The molecule has 0 aliphatic heterocycles. The molecule has 7 heteroatoms. The van der Waals surface area contributed by atoms with Crippen LogP contribution < -0.4 is 16.8 Å². The minimum absolute atomic E-state index is 0.0300. The molecule has 0 spiro atoms. The summed E-state index contributed by atoms with van der Waals surface area (Å²) in [7, 11) is 0. The topological polar surface area (TPSA) is 136 Å². The molecule has 2 unspecified atom stereocenters. The Hall–Kier alpha value is -1.63. The largest absolute Gasteiger partial charge is 0.480 e. The summed E-state index contributed by atoms with van der Waals surface area (Å²) in [5.41, 5.74) is 9.83. The lowest BCUT2D eigenvalue weighted by Crippen LogP contribution is -2.48. The van der Waals surface area contributed by atoms with Gasteiger partial charge in [0, 0.05) is 6.42 Å². The number of carboxylic acids is 1. The molecule has 0 rings (SSSR count). The van der Waals surface area contributed by atoms with Crippen LogP contribution >= 0.6 is 0 Å². The normalized spacial score (nSPS) is 14.2. The molecule has 0 bridgehead atoms. The first-order chi connectivity index (χ1) is 6.84. The fourth-order valence-corrected chi connectivity index (χ4v) is 0.949. The lowest BCUT2D eigenvalue weighted by Gasteiger charge is -2.17. The predicted octanol–water partition coefficient (Wildman–Crippen LogP) is -1.83. The number of primary amides is 2. The molecule has 15 heavy (non-hydrogen) atoms. The van der Waals surface area contributed by atoms with Crippen LogP contribution in [0.4, 0.5) is 0 Å². The van der Waals surface area contributed by atoms with E-state index in [9.17, 15) is 14.4 Å². The summed E-state index contributed by atoms with van der Waals surface area (Å²) in [6.07, 6.45) is -0.0300. The van der Waals surface area contributed by atoms with Crippen molar-refractivity contribution >= 4 is 17.8 Å². The van der Waals surface area contributed by atoms with Crippen molar-refractivity contribution in [2.45, 2.75) is 31.8 Å². The highest BCUT2D eigenvalue weighted by Gasteiger charge is 2.21. The van der Waals surface area contributed by atoms with Crippen molar-refractivity contribution < 1.29 is 19.5 Å². The van der Waals surface area contributed by atoms with E-state index in [0.717, 1.165) is 0 Å². The van der Waals surface area contributed by atoms with Crippen molar-refractivity contribution in [1.29, 1.82) is 0 Å². The zero-order valence-corrected chi connectivity index (χ0v) is 8.40. The second-order valence-corrected chi connectivity index (χ2v) is 3.19. The molecular formula is C8H15N3O4.